The van der Waals surface area contributed by atoms with E-state index in [0.29, 0.717) is 0 Å². The highest BCUT2D eigenvalue weighted by Gasteiger charge is 2.06. The van der Waals surface area contributed by atoms with Gasteiger partial charge in [-0.2, -0.15) is 11.8 Å². The lowest BCUT2D eigenvalue weighted by atomic mass is 10.1. The minimum absolute atomic E-state index is 0.884. The average molecular weight is 205 g/mol. The van der Waals surface area contributed by atoms with Gasteiger partial charge in [0, 0.05) is 6.54 Å². The van der Waals surface area contributed by atoms with Crippen molar-refractivity contribution in [3.8, 4) is 0 Å². The Labute approximate surface area is 89.3 Å². The van der Waals surface area contributed by atoms with E-state index in [-0.39, 0.29) is 0 Å². The predicted molar refractivity (Wildman–Crippen MR) is 66.7 cm³/mol. The minimum atomic E-state index is 0.884. The Hall–Kier alpha value is 0.310. The third-order valence-corrected chi connectivity index (χ3v) is 2.89. The van der Waals surface area contributed by atoms with E-state index in [4.69, 9.17) is 0 Å². The third-order valence-electron chi connectivity index (χ3n) is 2.09. The molecule has 1 unspecified atom stereocenters. The summed E-state index contributed by atoms with van der Waals surface area (Å²) in [5, 5.41) is 0. The molecule has 0 saturated carbocycles. The monoisotopic (exact) mass is 205 g/mol. The van der Waals surface area contributed by atoms with Gasteiger partial charge in [0.2, 0.25) is 0 Å². The van der Waals surface area contributed by atoms with E-state index >= 15 is 0 Å². The SMILES string of the molecule is CC.CCC(CSC)CN(C)CC. The van der Waals surface area contributed by atoms with Gasteiger partial charge in [0.25, 0.3) is 0 Å². The summed E-state index contributed by atoms with van der Waals surface area (Å²) in [6, 6.07) is 0. The lowest BCUT2D eigenvalue weighted by Gasteiger charge is -2.20. The first kappa shape index (κ1) is 15.8. The molecule has 13 heavy (non-hydrogen) atoms. The topological polar surface area (TPSA) is 3.24 Å². The van der Waals surface area contributed by atoms with Crippen LogP contribution >= 0.6 is 11.8 Å². The second-order valence-corrected chi connectivity index (χ2v) is 4.00. The summed E-state index contributed by atoms with van der Waals surface area (Å²) < 4.78 is 0. The van der Waals surface area contributed by atoms with E-state index in [2.05, 4.69) is 32.1 Å². The van der Waals surface area contributed by atoms with Gasteiger partial charge < -0.3 is 4.90 Å². The van der Waals surface area contributed by atoms with Crippen molar-refractivity contribution >= 4 is 11.8 Å². The molecule has 1 nitrogen and oxygen atoms in total. The van der Waals surface area contributed by atoms with Crippen LogP contribution < -0.4 is 0 Å². The fourth-order valence-electron chi connectivity index (χ4n) is 1.11. The maximum Gasteiger partial charge on any atom is 0.00143 e. The first-order valence-electron chi connectivity index (χ1n) is 5.42. The van der Waals surface area contributed by atoms with Gasteiger partial charge in [0.05, 0.1) is 0 Å². The predicted octanol–water partition coefficient (Wildman–Crippen LogP) is 3.35. The van der Waals surface area contributed by atoms with E-state index in [1.54, 1.807) is 0 Å². The van der Waals surface area contributed by atoms with Crippen LogP contribution in [0.4, 0.5) is 0 Å². The highest BCUT2D eigenvalue weighted by atomic mass is 32.2. The Kier molecular flexibility index (Phi) is 14.9. The van der Waals surface area contributed by atoms with Gasteiger partial charge in [-0.05, 0) is 31.5 Å². The molecule has 0 aliphatic rings. The summed E-state index contributed by atoms with van der Waals surface area (Å²) in [6.07, 6.45) is 3.50. The fraction of sp³-hybridized carbons (Fsp3) is 1.00. The zero-order valence-electron chi connectivity index (χ0n) is 10.3. The number of thioether (sulfide) groups is 1. The molecule has 0 aliphatic heterocycles. The normalized spacial score (nSPS) is 12.2. The van der Waals surface area contributed by atoms with Crippen LogP contribution in [0.3, 0.4) is 0 Å². The highest BCUT2D eigenvalue weighted by Crippen LogP contribution is 2.10. The zero-order valence-corrected chi connectivity index (χ0v) is 11.1. The van der Waals surface area contributed by atoms with Crippen LogP contribution in [0.1, 0.15) is 34.1 Å². The van der Waals surface area contributed by atoms with Gasteiger partial charge in [-0.1, -0.05) is 34.1 Å². The van der Waals surface area contributed by atoms with Crippen molar-refractivity contribution in [1.82, 2.24) is 4.90 Å². The molecule has 0 heterocycles. The van der Waals surface area contributed by atoms with Crippen molar-refractivity contribution in [3.05, 3.63) is 0 Å². The van der Waals surface area contributed by atoms with Crippen LogP contribution in [-0.2, 0) is 0 Å². The van der Waals surface area contributed by atoms with E-state index in [1.807, 2.05) is 25.6 Å². The quantitative estimate of drug-likeness (QED) is 0.654. The molecule has 0 fully saturated rings. The maximum atomic E-state index is 2.39. The molecular formula is C11H27NS. The molecule has 0 N–H and O–H groups in total. The van der Waals surface area contributed by atoms with Gasteiger partial charge in [-0.25, -0.2) is 0 Å². The van der Waals surface area contributed by atoms with Crippen LogP contribution in [0.25, 0.3) is 0 Å². The molecule has 0 aromatic rings. The smallest absolute Gasteiger partial charge is 0.00143 e. The van der Waals surface area contributed by atoms with Crippen molar-refractivity contribution in [1.29, 1.82) is 0 Å². The number of hydrogen-bond acceptors (Lipinski definition) is 2. The van der Waals surface area contributed by atoms with Crippen molar-refractivity contribution in [2.75, 3.05) is 32.1 Å². The number of hydrogen-bond donors (Lipinski definition) is 0. The first-order valence-corrected chi connectivity index (χ1v) is 6.81. The summed E-state index contributed by atoms with van der Waals surface area (Å²) in [4.78, 5) is 2.39. The Morgan fingerprint density at radius 2 is 1.77 bits per heavy atom. The molecule has 0 aromatic carbocycles. The second-order valence-electron chi connectivity index (χ2n) is 3.08. The van der Waals surface area contributed by atoms with Gasteiger partial charge >= 0.3 is 0 Å². The summed E-state index contributed by atoms with van der Waals surface area (Å²) >= 11 is 1.96. The molecular weight excluding hydrogens is 178 g/mol. The van der Waals surface area contributed by atoms with E-state index in [9.17, 15) is 0 Å². The Morgan fingerprint density at radius 3 is 2.08 bits per heavy atom. The minimum Gasteiger partial charge on any atom is -0.306 e. The van der Waals surface area contributed by atoms with Crippen LogP contribution in [0, 0.1) is 5.92 Å². The maximum absolute atomic E-state index is 2.39. The standard InChI is InChI=1S/C9H21NS.C2H6/c1-5-9(8-11-4)7-10(3)6-2;1-2/h9H,5-8H2,1-4H3;1-2H3. The molecule has 0 amide bonds. The lowest BCUT2D eigenvalue weighted by Crippen LogP contribution is -2.26. The molecule has 0 aromatic heterocycles. The van der Waals surface area contributed by atoms with Crippen LogP contribution in [-0.4, -0.2) is 37.0 Å². The van der Waals surface area contributed by atoms with E-state index < -0.39 is 0 Å². The van der Waals surface area contributed by atoms with Gasteiger partial charge in [-0.3, -0.25) is 0 Å². The lowest BCUT2D eigenvalue weighted by molar-refractivity contribution is 0.298. The Bertz CT molecular complexity index is 86.2. The molecule has 1 atom stereocenters. The second kappa shape index (κ2) is 12.3. The molecule has 0 spiro atoms. The largest absolute Gasteiger partial charge is 0.306 e. The average Bonchev–Trinajstić information content (AvgIpc) is 2.20. The van der Waals surface area contributed by atoms with Crippen molar-refractivity contribution < 1.29 is 0 Å². The van der Waals surface area contributed by atoms with Crippen LogP contribution in [0.5, 0.6) is 0 Å². The number of rotatable bonds is 6. The Balaban J connectivity index is 0. The van der Waals surface area contributed by atoms with E-state index in [0.717, 1.165) is 5.92 Å². The van der Waals surface area contributed by atoms with Crippen molar-refractivity contribution in [3.63, 3.8) is 0 Å². The van der Waals surface area contributed by atoms with Gasteiger partial charge in [-0.15, -0.1) is 0 Å². The molecule has 0 saturated heterocycles. The molecule has 0 radical (unpaired) electrons. The molecule has 0 rings (SSSR count). The fourth-order valence-corrected chi connectivity index (χ4v) is 1.92. The summed E-state index contributed by atoms with van der Waals surface area (Å²) in [7, 11) is 2.20. The number of nitrogens with zero attached hydrogens (tertiary/aromatic N) is 1. The Morgan fingerprint density at radius 1 is 1.23 bits per heavy atom. The van der Waals surface area contributed by atoms with Crippen LogP contribution in [0.2, 0.25) is 0 Å². The molecule has 0 bridgehead atoms. The molecule has 0 aliphatic carbocycles. The van der Waals surface area contributed by atoms with E-state index in [1.165, 1.54) is 25.3 Å². The van der Waals surface area contributed by atoms with Crippen molar-refractivity contribution in [2.45, 2.75) is 34.1 Å². The highest BCUT2D eigenvalue weighted by molar-refractivity contribution is 7.98. The van der Waals surface area contributed by atoms with Crippen LogP contribution in [0.15, 0.2) is 0 Å². The first-order chi connectivity index (χ1) is 6.24. The third kappa shape index (κ3) is 10.2. The van der Waals surface area contributed by atoms with Crippen molar-refractivity contribution in [2.24, 2.45) is 5.92 Å². The zero-order chi connectivity index (χ0) is 10.7. The molecule has 82 valence electrons. The summed E-state index contributed by atoms with van der Waals surface area (Å²) in [5.74, 6) is 2.19. The molecule has 2 heteroatoms. The summed E-state index contributed by atoms with van der Waals surface area (Å²) in [5.41, 5.74) is 0. The van der Waals surface area contributed by atoms with Gasteiger partial charge in [0.1, 0.15) is 0 Å². The van der Waals surface area contributed by atoms with Gasteiger partial charge in [0.15, 0.2) is 0 Å². The summed E-state index contributed by atoms with van der Waals surface area (Å²) in [6.45, 7) is 10.9.